The van der Waals surface area contributed by atoms with Gasteiger partial charge in [0.25, 0.3) is 0 Å². The lowest BCUT2D eigenvalue weighted by Crippen LogP contribution is -2.43. The zero-order chi connectivity index (χ0) is 18.5. The lowest BCUT2D eigenvalue weighted by Gasteiger charge is -2.32. The molecule has 0 fully saturated rings. The fourth-order valence-corrected chi connectivity index (χ4v) is 3.67. The minimum atomic E-state index is 0.750. The standard InChI is InChI=1S/C21H26N2O2S/c1-15-6-8-18-17(13-15)5-4-12-23(18)21(26)22-11-10-16-7-9-19(24-2)20(14-16)25-3/h6-9,13-14H,4-5,10-12H2,1-3H3,(H,22,26). The van der Waals surface area contributed by atoms with Gasteiger partial charge in [-0.1, -0.05) is 23.8 Å². The van der Waals surface area contributed by atoms with Crippen LogP contribution in [0.1, 0.15) is 23.1 Å². The Bertz CT molecular complexity index is 792. The van der Waals surface area contributed by atoms with Crippen LogP contribution in [0.4, 0.5) is 5.69 Å². The van der Waals surface area contributed by atoms with Gasteiger partial charge in [0, 0.05) is 18.8 Å². The second-order valence-electron chi connectivity index (χ2n) is 6.56. The number of ether oxygens (including phenoxy) is 2. The van der Waals surface area contributed by atoms with Gasteiger partial charge >= 0.3 is 0 Å². The molecule has 1 heterocycles. The van der Waals surface area contributed by atoms with Crippen molar-refractivity contribution in [3.8, 4) is 11.5 Å². The summed E-state index contributed by atoms with van der Waals surface area (Å²) in [5, 5.41) is 4.21. The smallest absolute Gasteiger partial charge is 0.173 e. The summed E-state index contributed by atoms with van der Waals surface area (Å²) in [7, 11) is 3.31. The summed E-state index contributed by atoms with van der Waals surface area (Å²) in [6, 6.07) is 12.6. The minimum Gasteiger partial charge on any atom is -0.493 e. The van der Waals surface area contributed by atoms with Crippen molar-refractivity contribution in [1.82, 2.24) is 5.32 Å². The Morgan fingerprint density at radius 1 is 1.12 bits per heavy atom. The van der Waals surface area contributed by atoms with Gasteiger partial charge in [0.1, 0.15) is 0 Å². The molecule has 2 aromatic rings. The van der Waals surface area contributed by atoms with Crippen LogP contribution < -0.4 is 19.7 Å². The highest BCUT2D eigenvalue weighted by Crippen LogP contribution is 2.29. The van der Waals surface area contributed by atoms with E-state index in [0.29, 0.717) is 0 Å². The molecular formula is C21H26N2O2S. The summed E-state index contributed by atoms with van der Waals surface area (Å²) in [5.41, 5.74) is 5.12. The van der Waals surface area contributed by atoms with Crippen molar-refractivity contribution in [1.29, 1.82) is 0 Å². The Morgan fingerprint density at radius 2 is 1.92 bits per heavy atom. The number of rotatable bonds is 5. The molecule has 0 amide bonds. The maximum Gasteiger partial charge on any atom is 0.173 e. The number of nitrogens with one attached hydrogen (secondary N) is 1. The van der Waals surface area contributed by atoms with Crippen molar-refractivity contribution in [2.75, 3.05) is 32.2 Å². The summed E-state index contributed by atoms with van der Waals surface area (Å²) in [4.78, 5) is 2.22. The topological polar surface area (TPSA) is 33.7 Å². The van der Waals surface area contributed by atoms with Gasteiger partial charge in [0.05, 0.1) is 14.2 Å². The highest BCUT2D eigenvalue weighted by atomic mass is 32.1. The molecule has 0 saturated carbocycles. The molecule has 138 valence electrons. The number of aryl methyl sites for hydroxylation is 2. The van der Waals surface area contributed by atoms with Gasteiger partial charge in [-0.3, -0.25) is 0 Å². The Hall–Kier alpha value is -2.27. The van der Waals surface area contributed by atoms with Crippen LogP contribution in [0, 0.1) is 6.92 Å². The number of methoxy groups -OCH3 is 2. The van der Waals surface area contributed by atoms with Gasteiger partial charge in [-0.15, -0.1) is 0 Å². The average Bonchev–Trinajstić information content (AvgIpc) is 2.66. The van der Waals surface area contributed by atoms with E-state index in [2.05, 4.69) is 41.4 Å². The highest BCUT2D eigenvalue weighted by molar-refractivity contribution is 7.80. The summed E-state index contributed by atoms with van der Waals surface area (Å²) in [6.45, 7) is 3.89. The van der Waals surface area contributed by atoms with E-state index in [0.717, 1.165) is 49.0 Å². The van der Waals surface area contributed by atoms with Crippen molar-refractivity contribution in [2.45, 2.75) is 26.2 Å². The van der Waals surface area contributed by atoms with E-state index in [1.54, 1.807) is 14.2 Å². The first-order valence-electron chi connectivity index (χ1n) is 8.98. The molecule has 2 aromatic carbocycles. The molecule has 0 saturated heterocycles. The first-order valence-corrected chi connectivity index (χ1v) is 9.39. The third kappa shape index (κ3) is 4.10. The molecule has 0 spiro atoms. The number of benzene rings is 2. The fourth-order valence-electron chi connectivity index (χ4n) is 3.38. The quantitative estimate of drug-likeness (QED) is 0.808. The number of anilines is 1. The predicted molar refractivity (Wildman–Crippen MR) is 111 cm³/mol. The maximum absolute atomic E-state index is 5.66. The SMILES string of the molecule is COc1ccc(CCNC(=S)N2CCCc3cc(C)ccc32)cc1OC. The van der Waals surface area contributed by atoms with E-state index in [4.69, 9.17) is 21.7 Å². The number of thiocarbonyl (C=S) groups is 1. The molecule has 1 N–H and O–H groups in total. The predicted octanol–water partition coefficient (Wildman–Crippen LogP) is 3.88. The van der Waals surface area contributed by atoms with E-state index >= 15 is 0 Å². The molecule has 5 heteroatoms. The molecule has 1 aliphatic rings. The van der Waals surface area contributed by atoms with Crippen molar-refractivity contribution in [2.24, 2.45) is 0 Å². The van der Waals surface area contributed by atoms with Crippen molar-refractivity contribution in [3.05, 3.63) is 53.1 Å². The van der Waals surface area contributed by atoms with Crippen LogP contribution in [-0.2, 0) is 12.8 Å². The van der Waals surface area contributed by atoms with Crippen molar-refractivity contribution in [3.63, 3.8) is 0 Å². The summed E-state index contributed by atoms with van der Waals surface area (Å²) in [5.74, 6) is 1.51. The van der Waals surface area contributed by atoms with Crippen LogP contribution >= 0.6 is 12.2 Å². The van der Waals surface area contributed by atoms with Gasteiger partial charge in [0.2, 0.25) is 0 Å². The van der Waals surface area contributed by atoms with Crippen LogP contribution in [0.15, 0.2) is 36.4 Å². The van der Waals surface area contributed by atoms with Gasteiger partial charge < -0.3 is 19.7 Å². The number of fused-ring (bicyclic) bond motifs is 1. The summed E-state index contributed by atoms with van der Waals surface area (Å²) in [6.07, 6.45) is 3.13. The fraction of sp³-hybridized carbons (Fsp3) is 0.381. The average molecular weight is 371 g/mol. The lowest BCUT2D eigenvalue weighted by molar-refractivity contribution is 0.354. The number of hydrogen-bond donors (Lipinski definition) is 1. The molecular weight excluding hydrogens is 344 g/mol. The third-order valence-corrected chi connectivity index (χ3v) is 5.10. The molecule has 3 rings (SSSR count). The third-order valence-electron chi connectivity index (χ3n) is 4.74. The van der Waals surface area contributed by atoms with Gasteiger partial charge in [-0.2, -0.15) is 0 Å². The number of nitrogens with zero attached hydrogens (tertiary/aromatic N) is 1. The normalized spacial score (nSPS) is 13.1. The monoisotopic (exact) mass is 370 g/mol. The molecule has 4 nitrogen and oxygen atoms in total. The summed E-state index contributed by atoms with van der Waals surface area (Å²) < 4.78 is 10.7. The van der Waals surface area contributed by atoms with Crippen LogP contribution in [0.2, 0.25) is 0 Å². The molecule has 0 aliphatic carbocycles. The zero-order valence-corrected chi connectivity index (χ0v) is 16.5. The highest BCUT2D eigenvalue weighted by Gasteiger charge is 2.19. The van der Waals surface area contributed by atoms with Gasteiger partial charge in [-0.25, -0.2) is 0 Å². The van der Waals surface area contributed by atoms with E-state index in [1.807, 2.05) is 12.1 Å². The second-order valence-corrected chi connectivity index (χ2v) is 6.95. The summed E-state index contributed by atoms with van der Waals surface area (Å²) >= 11 is 5.66. The van der Waals surface area contributed by atoms with E-state index in [9.17, 15) is 0 Å². The van der Waals surface area contributed by atoms with E-state index in [-0.39, 0.29) is 0 Å². The van der Waals surface area contributed by atoms with Crippen molar-refractivity contribution < 1.29 is 9.47 Å². The molecule has 0 bridgehead atoms. The first kappa shape index (κ1) is 18.5. The molecule has 0 radical (unpaired) electrons. The minimum absolute atomic E-state index is 0.750. The maximum atomic E-state index is 5.66. The zero-order valence-electron chi connectivity index (χ0n) is 15.7. The first-order chi connectivity index (χ1) is 12.6. The Morgan fingerprint density at radius 3 is 2.69 bits per heavy atom. The van der Waals surface area contributed by atoms with E-state index in [1.165, 1.54) is 22.4 Å². The van der Waals surface area contributed by atoms with Crippen LogP contribution in [-0.4, -0.2) is 32.4 Å². The van der Waals surface area contributed by atoms with Gasteiger partial charge in [0.15, 0.2) is 16.6 Å². The molecule has 1 aliphatic heterocycles. The largest absolute Gasteiger partial charge is 0.493 e. The second kappa shape index (κ2) is 8.41. The Labute approximate surface area is 161 Å². The van der Waals surface area contributed by atoms with Gasteiger partial charge in [-0.05, 0) is 67.7 Å². The molecule has 0 atom stereocenters. The Balaban J connectivity index is 1.60. The Kier molecular flexibility index (Phi) is 5.99. The van der Waals surface area contributed by atoms with Crippen molar-refractivity contribution >= 4 is 23.0 Å². The van der Waals surface area contributed by atoms with Crippen LogP contribution in [0.5, 0.6) is 11.5 Å². The molecule has 0 unspecified atom stereocenters. The van der Waals surface area contributed by atoms with E-state index < -0.39 is 0 Å². The molecule has 0 aromatic heterocycles. The molecule has 26 heavy (non-hydrogen) atoms. The van der Waals surface area contributed by atoms with Crippen LogP contribution in [0.3, 0.4) is 0 Å². The van der Waals surface area contributed by atoms with Crippen LogP contribution in [0.25, 0.3) is 0 Å². The lowest BCUT2D eigenvalue weighted by atomic mass is 10.00. The number of hydrogen-bond acceptors (Lipinski definition) is 3.